The largest absolute Gasteiger partial charge is 0.507 e. The topological polar surface area (TPSA) is 66.4 Å². The molecule has 0 aromatic heterocycles. The molecule has 0 aliphatic heterocycles. The molecule has 2 aromatic carbocycles. The number of halogens is 1. The van der Waals surface area contributed by atoms with Gasteiger partial charge in [0.25, 0.3) is 0 Å². The van der Waals surface area contributed by atoms with Crippen molar-refractivity contribution in [2.24, 2.45) is 0 Å². The van der Waals surface area contributed by atoms with Crippen LogP contribution in [0.4, 0.5) is 5.69 Å². The van der Waals surface area contributed by atoms with Crippen molar-refractivity contribution in [3.63, 3.8) is 0 Å². The Kier molecular flexibility index (Phi) is 4.60. The number of ketones is 1. The van der Waals surface area contributed by atoms with Crippen LogP contribution in [0, 0.1) is 0 Å². The van der Waals surface area contributed by atoms with Gasteiger partial charge in [0.15, 0.2) is 5.78 Å². The Morgan fingerprint density at radius 2 is 1.95 bits per heavy atom. The molecule has 0 fully saturated rings. The van der Waals surface area contributed by atoms with Gasteiger partial charge in [-0.25, -0.2) is 0 Å². The van der Waals surface area contributed by atoms with E-state index in [1.165, 1.54) is 25.1 Å². The number of carbonyl (C=O) groups is 2. The highest BCUT2D eigenvalue weighted by molar-refractivity contribution is 6.30. The number of rotatable bonds is 4. The van der Waals surface area contributed by atoms with Crippen LogP contribution in [-0.4, -0.2) is 16.8 Å². The third-order valence-electron chi connectivity index (χ3n) is 2.91. The van der Waals surface area contributed by atoms with Crippen LogP contribution >= 0.6 is 11.6 Å². The molecule has 5 heteroatoms. The lowest BCUT2D eigenvalue weighted by Crippen LogP contribution is -2.14. The normalized spacial score (nSPS) is 10.2. The predicted molar refractivity (Wildman–Crippen MR) is 81.9 cm³/mol. The summed E-state index contributed by atoms with van der Waals surface area (Å²) >= 11 is 5.86. The number of amides is 1. The average molecular weight is 304 g/mol. The maximum Gasteiger partial charge on any atom is 0.228 e. The van der Waals surface area contributed by atoms with Crippen LogP contribution < -0.4 is 5.32 Å². The van der Waals surface area contributed by atoms with Gasteiger partial charge in [-0.05, 0) is 42.8 Å². The Labute approximate surface area is 127 Å². The van der Waals surface area contributed by atoms with Crippen molar-refractivity contribution in [3.05, 3.63) is 58.6 Å². The van der Waals surface area contributed by atoms with Crippen molar-refractivity contribution in [3.8, 4) is 5.75 Å². The fourth-order valence-corrected chi connectivity index (χ4v) is 2.15. The number of Topliss-reactive ketones (excluding diaryl/α,β-unsaturated/α-hetero) is 1. The van der Waals surface area contributed by atoms with E-state index in [4.69, 9.17) is 11.6 Å². The molecule has 108 valence electrons. The lowest BCUT2D eigenvalue weighted by Gasteiger charge is -2.08. The van der Waals surface area contributed by atoms with Crippen molar-refractivity contribution in [1.82, 2.24) is 0 Å². The Bertz CT molecular complexity index is 698. The molecule has 0 spiro atoms. The summed E-state index contributed by atoms with van der Waals surface area (Å²) < 4.78 is 0. The number of carbonyl (C=O) groups excluding carboxylic acids is 2. The lowest BCUT2D eigenvalue weighted by molar-refractivity contribution is -0.115. The van der Waals surface area contributed by atoms with Gasteiger partial charge in [0.2, 0.25) is 5.91 Å². The van der Waals surface area contributed by atoms with Crippen LogP contribution in [-0.2, 0) is 11.2 Å². The molecule has 0 bridgehead atoms. The van der Waals surface area contributed by atoms with E-state index >= 15 is 0 Å². The fraction of sp³-hybridized carbons (Fsp3) is 0.125. The second kappa shape index (κ2) is 6.41. The van der Waals surface area contributed by atoms with Gasteiger partial charge in [0, 0.05) is 10.7 Å². The molecule has 0 heterocycles. The van der Waals surface area contributed by atoms with E-state index in [-0.39, 0.29) is 29.4 Å². The van der Waals surface area contributed by atoms with Crippen molar-refractivity contribution in [2.45, 2.75) is 13.3 Å². The molecular formula is C16H14ClNO3. The van der Waals surface area contributed by atoms with Gasteiger partial charge in [-0.1, -0.05) is 23.7 Å². The average Bonchev–Trinajstić information content (AvgIpc) is 2.40. The summed E-state index contributed by atoms with van der Waals surface area (Å²) in [5.41, 5.74) is 1.44. The number of aromatic hydroxyl groups is 1. The Morgan fingerprint density at radius 3 is 2.62 bits per heavy atom. The highest BCUT2D eigenvalue weighted by atomic mass is 35.5. The first-order valence-corrected chi connectivity index (χ1v) is 6.72. The molecule has 4 nitrogen and oxygen atoms in total. The molecule has 0 aliphatic carbocycles. The number of hydrogen-bond donors (Lipinski definition) is 2. The van der Waals surface area contributed by atoms with Gasteiger partial charge in [-0.3, -0.25) is 9.59 Å². The predicted octanol–water partition coefficient (Wildman–Crippen LogP) is 3.43. The second-order valence-electron chi connectivity index (χ2n) is 4.64. The monoisotopic (exact) mass is 303 g/mol. The van der Waals surface area contributed by atoms with Crippen molar-refractivity contribution in [1.29, 1.82) is 0 Å². The summed E-state index contributed by atoms with van der Waals surface area (Å²) in [4.78, 5) is 23.3. The maximum atomic E-state index is 12.0. The van der Waals surface area contributed by atoms with Crippen molar-refractivity contribution in [2.75, 3.05) is 5.32 Å². The van der Waals surface area contributed by atoms with E-state index < -0.39 is 0 Å². The van der Waals surface area contributed by atoms with Crippen molar-refractivity contribution >= 4 is 29.0 Å². The minimum Gasteiger partial charge on any atom is -0.507 e. The van der Waals surface area contributed by atoms with E-state index in [1.54, 1.807) is 18.2 Å². The number of nitrogens with one attached hydrogen (secondary N) is 1. The number of hydrogen-bond acceptors (Lipinski definition) is 3. The Morgan fingerprint density at radius 1 is 1.19 bits per heavy atom. The van der Waals surface area contributed by atoms with Gasteiger partial charge in [0.1, 0.15) is 5.75 Å². The summed E-state index contributed by atoms with van der Waals surface area (Å²) in [7, 11) is 0. The molecule has 0 radical (unpaired) electrons. The first kappa shape index (κ1) is 15.1. The fourth-order valence-electron chi connectivity index (χ4n) is 1.93. The van der Waals surface area contributed by atoms with E-state index in [2.05, 4.69) is 5.32 Å². The van der Waals surface area contributed by atoms with E-state index in [0.29, 0.717) is 10.7 Å². The zero-order chi connectivity index (χ0) is 15.4. The smallest absolute Gasteiger partial charge is 0.228 e. The molecule has 0 unspecified atom stereocenters. The summed E-state index contributed by atoms with van der Waals surface area (Å²) in [6.07, 6.45) is 0.177. The molecule has 21 heavy (non-hydrogen) atoms. The molecule has 0 atom stereocenters. The maximum absolute atomic E-state index is 12.0. The summed E-state index contributed by atoms with van der Waals surface area (Å²) in [6.45, 7) is 1.35. The number of anilines is 1. The zero-order valence-corrected chi connectivity index (χ0v) is 12.1. The number of phenolic OH excluding ortho intramolecular Hbond substituents is 1. The van der Waals surface area contributed by atoms with Crippen LogP contribution in [0.3, 0.4) is 0 Å². The number of benzene rings is 2. The van der Waals surface area contributed by atoms with Crippen LogP contribution in [0.2, 0.25) is 5.02 Å². The lowest BCUT2D eigenvalue weighted by atomic mass is 10.1. The first-order chi connectivity index (χ1) is 9.95. The number of phenols is 1. The van der Waals surface area contributed by atoms with Crippen molar-refractivity contribution < 1.29 is 14.7 Å². The highest BCUT2D eigenvalue weighted by Gasteiger charge is 2.10. The zero-order valence-electron chi connectivity index (χ0n) is 11.4. The quantitative estimate of drug-likeness (QED) is 0.672. The molecule has 0 aliphatic rings. The summed E-state index contributed by atoms with van der Waals surface area (Å²) in [6, 6.07) is 11.4. The van der Waals surface area contributed by atoms with Gasteiger partial charge >= 0.3 is 0 Å². The van der Waals surface area contributed by atoms with Crippen LogP contribution in [0.1, 0.15) is 22.8 Å². The first-order valence-electron chi connectivity index (χ1n) is 6.34. The summed E-state index contributed by atoms with van der Waals surface area (Å²) in [5.74, 6) is -0.591. The van der Waals surface area contributed by atoms with E-state index in [9.17, 15) is 14.7 Å². The molecule has 2 rings (SSSR count). The molecular weight excluding hydrogens is 290 g/mol. The molecule has 0 saturated heterocycles. The van der Waals surface area contributed by atoms with Crippen LogP contribution in [0.15, 0.2) is 42.5 Å². The standard InChI is InChI=1S/C16H14ClNO3/c1-10(19)14-9-13(5-6-15(14)20)18-16(21)8-11-3-2-4-12(17)7-11/h2-7,9,20H,8H2,1H3,(H,18,21). The van der Waals surface area contributed by atoms with Gasteiger partial charge in [-0.2, -0.15) is 0 Å². The minimum absolute atomic E-state index is 0.102. The summed E-state index contributed by atoms with van der Waals surface area (Å²) in [5, 5.41) is 12.8. The Hall–Kier alpha value is -2.33. The molecule has 0 saturated carbocycles. The Balaban J connectivity index is 2.09. The molecule has 2 N–H and O–H groups in total. The SMILES string of the molecule is CC(=O)c1cc(NC(=O)Cc2cccc(Cl)c2)ccc1O. The minimum atomic E-state index is -0.265. The van der Waals surface area contributed by atoms with Gasteiger partial charge in [0.05, 0.1) is 12.0 Å². The van der Waals surface area contributed by atoms with Gasteiger partial charge < -0.3 is 10.4 Å². The van der Waals surface area contributed by atoms with E-state index in [0.717, 1.165) is 5.56 Å². The van der Waals surface area contributed by atoms with Crippen LogP contribution in [0.5, 0.6) is 5.75 Å². The van der Waals surface area contributed by atoms with Crippen LogP contribution in [0.25, 0.3) is 0 Å². The third kappa shape index (κ3) is 4.07. The second-order valence-corrected chi connectivity index (χ2v) is 5.08. The third-order valence-corrected chi connectivity index (χ3v) is 3.15. The highest BCUT2D eigenvalue weighted by Crippen LogP contribution is 2.22. The molecule has 2 aromatic rings. The molecule has 1 amide bonds. The van der Waals surface area contributed by atoms with Gasteiger partial charge in [-0.15, -0.1) is 0 Å². The van der Waals surface area contributed by atoms with E-state index in [1.807, 2.05) is 6.07 Å².